The highest BCUT2D eigenvalue weighted by atomic mass is 16.8. The molecular formula is C29H40O11. The second kappa shape index (κ2) is 10.4. The van der Waals surface area contributed by atoms with Crippen molar-refractivity contribution in [2.45, 2.75) is 111 Å². The smallest absolute Gasteiger partial charge is 0.458 e. The molecular weight excluding hydrogens is 524 g/mol. The van der Waals surface area contributed by atoms with Gasteiger partial charge in [0.05, 0.1) is 0 Å². The van der Waals surface area contributed by atoms with Gasteiger partial charge in [0.2, 0.25) is 0 Å². The van der Waals surface area contributed by atoms with E-state index in [-0.39, 0.29) is 12.5 Å². The van der Waals surface area contributed by atoms with E-state index < -0.39 is 76.8 Å². The summed E-state index contributed by atoms with van der Waals surface area (Å²) in [6.07, 6.45) is -2.64. The number of rotatable bonds is 4. The molecule has 0 unspecified atom stereocenters. The van der Waals surface area contributed by atoms with Crippen molar-refractivity contribution < 1.29 is 52.4 Å². The Balaban J connectivity index is 2.00. The van der Waals surface area contributed by atoms with Crippen molar-refractivity contribution in [2.24, 2.45) is 22.7 Å². The maximum Gasteiger partial charge on any atom is 0.509 e. The SMILES string of the molecule is CC(=O)O[C@H]1C[C@H]2C[C@H]3[C@@](C)(CC[C@H](OC(C)=O)[C@@]34COC(=O)O4)[C@@H](OC(C)=O)[C@H](OC(C)=O)C(=C1C)C2(C)C. The van der Waals surface area contributed by atoms with Gasteiger partial charge in [0.1, 0.15) is 24.9 Å². The molecule has 222 valence electrons. The Kier molecular flexibility index (Phi) is 7.75. The number of carbonyl (C=O) groups excluding carboxylic acids is 5. The first-order valence-corrected chi connectivity index (χ1v) is 13.8. The van der Waals surface area contributed by atoms with Crippen molar-refractivity contribution in [3.8, 4) is 0 Å². The Morgan fingerprint density at radius 3 is 1.98 bits per heavy atom. The number of hydrogen-bond acceptors (Lipinski definition) is 11. The van der Waals surface area contributed by atoms with Crippen molar-refractivity contribution in [3.63, 3.8) is 0 Å². The minimum Gasteiger partial charge on any atom is -0.458 e. The summed E-state index contributed by atoms with van der Waals surface area (Å²) in [5, 5.41) is 0. The Hall–Kier alpha value is -3.11. The number of esters is 4. The van der Waals surface area contributed by atoms with E-state index in [0.29, 0.717) is 25.7 Å². The predicted octanol–water partition coefficient (Wildman–Crippen LogP) is 3.80. The van der Waals surface area contributed by atoms with E-state index >= 15 is 0 Å². The third-order valence-electron chi connectivity index (χ3n) is 9.62. The van der Waals surface area contributed by atoms with Gasteiger partial charge in [-0.15, -0.1) is 0 Å². The summed E-state index contributed by atoms with van der Waals surface area (Å²) in [6.45, 7) is 12.9. The number of cyclic esters (lactones) is 1. The molecule has 1 heterocycles. The van der Waals surface area contributed by atoms with Gasteiger partial charge in [-0.2, -0.15) is 0 Å². The summed E-state index contributed by atoms with van der Waals surface area (Å²) in [7, 11) is 0. The molecule has 2 saturated carbocycles. The fraction of sp³-hybridized carbons (Fsp3) is 0.759. The lowest BCUT2D eigenvalue weighted by Gasteiger charge is -2.60. The Bertz CT molecular complexity index is 1140. The molecule has 40 heavy (non-hydrogen) atoms. The van der Waals surface area contributed by atoms with Crippen molar-refractivity contribution in [1.82, 2.24) is 0 Å². The standard InChI is InChI=1S/C29H40O11/c1-14-20(36-15(2)30)11-19-12-21-28(8,10-9-22(37-16(3)31)29(21)13-35-26(34)40-29)25(39-18(5)33)24(38-17(4)32)23(14)27(19,6)7/h19-22,24-25H,9-13H2,1-8H3/t19-,20-,21-,22-,24+,25-,28+,29+/m0/s1. The fourth-order valence-electron chi connectivity index (χ4n) is 7.93. The highest BCUT2D eigenvalue weighted by molar-refractivity contribution is 5.69. The number of hydrogen-bond donors (Lipinski definition) is 0. The van der Waals surface area contributed by atoms with Gasteiger partial charge < -0.3 is 28.4 Å². The summed E-state index contributed by atoms with van der Waals surface area (Å²) >= 11 is 0. The van der Waals surface area contributed by atoms with E-state index in [0.717, 1.165) is 11.1 Å². The minimum absolute atomic E-state index is 0.150. The monoisotopic (exact) mass is 564 g/mol. The molecule has 4 aliphatic rings. The van der Waals surface area contributed by atoms with Crippen molar-refractivity contribution in [3.05, 3.63) is 11.1 Å². The van der Waals surface area contributed by atoms with E-state index in [9.17, 15) is 24.0 Å². The van der Waals surface area contributed by atoms with Gasteiger partial charge >= 0.3 is 30.0 Å². The van der Waals surface area contributed by atoms with E-state index in [4.69, 9.17) is 28.4 Å². The van der Waals surface area contributed by atoms with Gasteiger partial charge in [-0.1, -0.05) is 20.8 Å². The second-order valence-electron chi connectivity index (χ2n) is 12.4. The maximum absolute atomic E-state index is 12.6. The average Bonchev–Trinajstić information content (AvgIpc) is 3.20. The normalized spacial score (nSPS) is 38.1. The molecule has 1 aliphatic heterocycles. The molecule has 0 aromatic carbocycles. The van der Waals surface area contributed by atoms with Gasteiger partial charge in [0, 0.05) is 39.0 Å². The summed E-state index contributed by atoms with van der Waals surface area (Å²) in [4.78, 5) is 62.0. The molecule has 11 heteroatoms. The van der Waals surface area contributed by atoms with Gasteiger partial charge in [-0.3, -0.25) is 19.2 Å². The largest absolute Gasteiger partial charge is 0.509 e. The summed E-state index contributed by atoms with van der Waals surface area (Å²) < 4.78 is 34.9. The van der Waals surface area contributed by atoms with Crippen LogP contribution in [-0.2, 0) is 47.6 Å². The molecule has 0 aromatic rings. The van der Waals surface area contributed by atoms with Crippen LogP contribution in [0.25, 0.3) is 0 Å². The third kappa shape index (κ3) is 4.96. The van der Waals surface area contributed by atoms with Crippen LogP contribution in [0.3, 0.4) is 0 Å². The minimum atomic E-state index is -1.37. The van der Waals surface area contributed by atoms with Crippen LogP contribution < -0.4 is 0 Å². The van der Waals surface area contributed by atoms with Gasteiger partial charge in [0.25, 0.3) is 0 Å². The molecule has 0 N–H and O–H groups in total. The highest BCUT2D eigenvalue weighted by Gasteiger charge is 2.69. The lowest BCUT2D eigenvalue weighted by molar-refractivity contribution is -0.231. The zero-order chi connectivity index (χ0) is 29.8. The Labute approximate surface area is 234 Å². The zero-order valence-corrected chi connectivity index (χ0v) is 24.5. The van der Waals surface area contributed by atoms with Crippen molar-refractivity contribution in [2.75, 3.05) is 6.61 Å². The van der Waals surface area contributed by atoms with Crippen LogP contribution in [0.1, 0.15) is 81.1 Å². The van der Waals surface area contributed by atoms with Crippen LogP contribution in [0.5, 0.6) is 0 Å². The lowest BCUT2D eigenvalue weighted by Crippen LogP contribution is -2.68. The number of fused-ring (bicyclic) bond motifs is 4. The van der Waals surface area contributed by atoms with Crippen molar-refractivity contribution >= 4 is 30.0 Å². The Morgan fingerprint density at radius 2 is 1.45 bits per heavy atom. The molecule has 1 spiro atoms. The van der Waals surface area contributed by atoms with Crippen LogP contribution in [0, 0.1) is 22.7 Å². The molecule has 3 fully saturated rings. The lowest BCUT2D eigenvalue weighted by atomic mass is 9.48. The van der Waals surface area contributed by atoms with Crippen LogP contribution in [0.15, 0.2) is 11.1 Å². The molecule has 3 aliphatic carbocycles. The molecule has 2 bridgehead atoms. The number of carbonyl (C=O) groups is 5. The van der Waals surface area contributed by atoms with E-state index in [1.54, 1.807) is 0 Å². The van der Waals surface area contributed by atoms with E-state index in [1.165, 1.54) is 27.7 Å². The molecule has 1 saturated heterocycles. The zero-order valence-electron chi connectivity index (χ0n) is 24.5. The first-order valence-electron chi connectivity index (χ1n) is 13.8. The van der Waals surface area contributed by atoms with Crippen LogP contribution >= 0.6 is 0 Å². The molecule has 0 amide bonds. The van der Waals surface area contributed by atoms with Crippen LogP contribution in [-0.4, -0.2) is 66.7 Å². The van der Waals surface area contributed by atoms with Crippen LogP contribution in [0.2, 0.25) is 0 Å². The topological polar surface area (TPSA) is 141 Å². The summed E-state index contributed by atoms with van der Waals surface area (Å²) in [5.74, 6) is -2.81. The molecule has 0 radical (unpaired) electrons. The van der Waals surface area contributed by atoms with Crippen molar-refractivity contribution in [1.29, 1.82) is 0 Å². The first kappa shape index (κ1) is 29.9. The first-order chi connectivity index (χ1) is 18.5. The van der Waals surface area contributed by atoms with E-state index in [2.05, 4.69) is 0 Å². The molecule has 4 rings (SSSR count). The summed E-state index contributed by atoms with van der Waals surface area (Å²) in [6, 6.07) is 0. The average molecular weight is 565 g/mol. The van der Waals surface area contributed by atoms with Crippen LogP contribution in [0.4, 0.5) is 4.79 Å². The highest BCUT2D eigenvalue weighted by Crippen LogP contribution is 2.63. The fourth-order valence-corrected chi connectivity index (χ4v) is 7.93. The maximum atomic E-state index is 12.6. The molecule has 8 atom stereocenters. The third-order valence-corrected chi connectivity index (χ3v) is 9.62. The molecule has 0 aromatic heterocycles. The Morgan fingerprint density at radius 1 is 0.850 bits per heavy atom. The quantitative estimate of drug-likeness (QED) is 0.280. The molecule has 11 nitrogen and oxygen atoms in total. The number of ether oxygens (including phenoxy) is 6. The van der Waals surface area contributed by atoms with Gasteiger partial charge in [-0.05, 0) is 55.1 Å². The van der Waals surface area contributed by atoms with E-state index in [1.807, 2.05) is 27.7 Å². The summed E-state index contributed by atoms with van der Waals surface area (Å²) in [5.41, 5.74) is -1.38. The second-order valence-corrected chi connectivity index (χ2v) is 12.4. The van der Waals surface area contributed by atoms with Gasteiger partial charge in [0.15, 0.2) is 11.7 Å². The predicted molar refractivity (Wildman–Crippen MR) is 137 cm³/mol. The van der Waals surface area contributed by atoms with Gasteiger partial charge in [-0.25, -0.2) is 4.79 Å².